The minimum absolute atomic E-state index is 0.571. The minimum atomic E-state index is 0.571. The van der Waals surface area contributed by atoms with Crippen molar-refractivity contribution in [3.05, 3.63) is 145 Å². The van der Waals surface area contributed by atoms with Gasteiger partial charge in [0.25, 0.3) is 0 Å². The van der Waals surface area contributed by atoms with Crippen molar-refractivity contribution in [3.63, 3.8) is 0 Å². The molecule has 0 aromatic heterocycles. The lowest BCUT2D eigenvalue weighted by Crippen LogP contribution is -2.12. The van der Waals surface area contributed by atoms with Gasteiger partial charge in [-0.2, -0.15) is 0 Å². The molecule has 0 atom stereocenters. The summed E-state index contributed by atoms with van der Waals surface area (Å²) >= 11 is 0. The van der Waals surface area contributed by atoms with Crippen LogP contribution in [-0.2, 0) is 0 Å². The van der Waals surface area contributed by atoms with Crippen LogP contribution in [0.5, 0.6) is 0 Å². The number of nitrogen functional groups attached to an aromatic ring is 1. The zero-order valence-corrected chi connectivity index (χ0v) is 23.6. The van der Waals surface area contributed by atoms with Crippen LogP contribution in [0.4, 0.5) is 34.1 Å². The standard InChI is InChI=1S/C38H30N4/c1-25-18-21-28(22-19-25)42(36-23-20-26(2)29-12-5-6-14-31(29)36)37-24-34(39)38(33-16-8-7-15-32(33)37)41-40-35-17-9-11-27-10-3-4-13-30(27)35/h3-24H,39H2,1-2H3. The molecule has 0 aliphatic heterocycles. The molecule has 0 amide bonds. The van der Waals surface area contributed by atoms with Crippen LogP contribution >= 0.6 is 0 Å². The second-order valence-electron chi connectivity index (χ2n) is 10.7. The van der Waals surface area contributed by atoms with E-state index in [0.29, 0.717) is 11.4 Å². The maximum atomic E-state index is 6.84. The number of hydrogen-bond donors (Lipinski definition) is 1. The molecule has 2 N–H and O–H groups in total. The zero-order valence-electron chi connectivity index (χ0n) is 23.6. The molecule has 7 aromatic rings. The SMILES string of the molecule is Cc1ccc(N(c2ccc(C)c3ccccc23)c2cc(N)c(N=Nc3cccc4ccccc34)c3ccccc23)cc1. The molecule has 0 aliphatic rings. The van der Waals surface area contributed by atoms with E-state index in [9.17, 15) is 0 Å². The Morgan fingerprint density at radius 1 is 0.524 bits per heavy atom. The number of benzene rings is 7. The quantitative estimate of drug-likeness (QED) is 0.174. The van der Waals surface area contributed by atoms with Crippen molar-refractivity contribution >= 4 is 66.4 Å². The Labute approximate surface area is 245 Å². The number of aryl methyl sites for hydroxylation is 2. The van der Waals surface area contributed by atoms with Crippen molar-refractivity contribution < 1.29 is 0 Å². The van der Waals surface area contributed by atoms with E-state index in [1.807, 2.05) is 36.4 Å². The third-order valence-corrected chi connectivity index (χ3v) is 7.94. The summed E-state index contributed by atoms with van der Waals surface area (Å²) in [5, 5.41) is 16.0. The average molecular weight is 543 g/mol. The number of anilines is 4. The molecule has 0 fully saturated rings. The summed E-state index contributed by atoms with van der Waals surface area (Å²) in [5.74, 6) is 0. The van der Waals surface area contributed by atoms with Gasteiger partial charge < -0.3 is 10.6 Å². The molecule has 0 saturated heterocycles. The molecule has 0 spiro atoms. The van der Waals surface area contributed by atoms with Gasteiger partial charge in [-0.15, -0.1) is 10.2 Å². The molecule has 0 unspecified atom stereocenters. The smallest absolute Gasteiger partial charge is 0.117 e. The highest BCUT2D eigenvalue weighted by Gasteiger charge is 2.21. The van der Waals surface area contributed by atoms with Gasteiger partial charge in [-0.05, 0) is 60.5 Å². The van der Waals surface area contributed by atoms with Gasteiger partial charge in [-0.1, -0.05) is 109 Å². The molecule has 0 bridgehead atoms. The Hall–Kier alpha value is -5.48. The van der Waals surface area contributed by atoms with Crippen molar-refractivity contribution in [2.24, 2.45) is 10.2 Å². The van der Waals surface area contributed by atoms with Crippen molar-refractivity contribution in [1.82, 2.24) is 0 Å². The van der Waals surface area contributed by atoms with Gasteiger partial charge in [0.15, 0.2) is 0 Å². The van der Waals surface area contributed by atoms with E-state index in [-0.39, 0.29) is 0 Å². The predicted octanol–water partition coefficient (Wildman–Crippen LogP) is 11.2. The lowest BCUT2D eigenvalue weighted by atomic mass is 10.00. The molecule has 42 heavy (non-hydrogen) atoms. The molecule has 0 radical (unpaired) electrons. The third kappa shape index (κ3) is 4.43. The fourth-order valence-corrected chi connectivity index (χ4v) is 5.79. The van der Waals surface area contributed by atoms with E-state index in [2.05, 4.69) is 116 Å². The maximum Gasteiger partial charge on any atom is 0.117 e. The van der Waals surface area contributed by atoms with E-state index in [1.54, 1.807) is 0 Å². The first-order valence-corrected chi connectivity index (χ1v) is 14.1. The Kier molecular flexibility index (Phi) is 6.37. The molecular weight excluding hydrogens is 512 g/mol. The normalized spacial score (nSPS) is 11.6. The minimum Gasteiger partial charge on any atom is -0.397 e. The molecule has 0 heterocycles. The van der Waals surface area contributed by atoms with Gasteiger partial charge in [-0.25, -0.2) is 0 Å². The highest BCUT2D eigenvalue weighted by atomic mass is 15.2. The highest BCUT2D eigenvalue weighted by Crippen LogP contribution is 2.46. The van der Waals surface area contributed by atoms with Crippen LogP contribution in [-0.4, -0.2) is 0 Å². The van der Waals surface area contributed by atoms with Crippen molar-refractivity contribution in [2.75, 3.05) is 10.6 Å². The number of nitrogens with zero attached hydrogens (tertiary/aromatic N) is 3. The van der Waals surface area contributed by atoms with Crippen LogP contribution in [0.25, 0.3) is 32.3 Å². The Bertz CT molecular complexity index is 2120. The molecule has 0 aliphatic carbocycles. The molecule has 0 saturated carbocycles. The van der Waals surface area contributed by atoms with Crippen LogP contribution in [0.3, 0.4) is 0 Å². The fourth-order valence-electron chi connectivity index (χ4n) is 5.79. The van der Waals surface area contributed by atoms with E-state index in [4.69, 9.17) is 16.0 Å². The number of hydrogen-bond acceptors (Lipinski definition) is 4. The van der Waals surface area contributed by atoms with Crippen LogP contribution < -0.4 is 10.6 Å². The van der Waals surface area contributed by atoms with E-state index < -0.39 is 0 Å². The maximum absolute atomic E-state index is 6.84. The summed E-state index contributed by atoms with van der Waals surface area (Å²) in [6.07, 6.45) is 0. The van der Waals surface area contributed by atoms with Gasteiger partial charge in [0.1, 0.15) is 5.69 Å². The largest absolute Gasteiger partial charge is 0.397 e. The van der Waals surface area contributed by atoms with Gasteiger partial charge in [0.2, 0.25) is 0 Å². The third-order valence-electron chi connectivity index (χ3n) is 7.94. The van der Waals surface area contributed by atoms with E-state index >= 15 is 0 Å². The molecular formula is C38H30N4. The zero-order chi connectivity index (χ0) is 28.6. The molecule has 7 aromatic carbocycles. The first-order valence-electron chi connectivity index (χ1n) is 14.1. The number of azo groups is 1. The van der Waals surface area contributed by atoms with Crippen LogP contribution in [0, 0.1) is 13.8 Å². The fraction of sp³-hybridized carbons (Fsp3) is 0.0526. The second-order valence-corrected chi connectivity index (χ2v) is 10.7. The average Bonchev–Trinajstić information content (AvgIpc) is 3.03. The molecule has 4 heteroatoms. The van der Waals surface area contributed by atoms with Crippen LogP contribution in [0.1, 0.15) is 11.1 Å². The first-order chi connectivity index (χ1) is 20.6. The first kappa shape index (κ1) is 25.5. The summed E-state index contributed by atoms with van der Waals surface area (Å²) in [6.45, 7) is 4.27. The summed E-state index contributed by atoms with van der Waals surface area (Å²) in [6, 6.07) is 46.2. The highest BCUT2D eigenvalue weighted by molar-refractivity contribution is 6.10. The summed E-state index contributed by atoms with van der Waals surface area (Å²) < 4.78 is 0. The summed E-state index contributed by atoms with van der Waals surface area (Å²) in [5.41, 5.74) is 14.5. The molecule has 4 nitrogen and oxygen atoms in total. The predicted molar refractivity (Wildman–Crippen MR) is 178 cm³/mol. The van der Waals surface area contributed by atoms with Crippen molar-refractivity contribution in [3.8, 4) is 0 Å². The van der Waals surface area contributed by atoms with Gasteiger partial charge in [0.05, 0.1) is 22.7 Å². The van der Waals surface area contributed by atoms with Gasteiger partial charge in [-0.3, -0.25) is 0 Å². The van der Waals surface area contributed by atoms with E-state index in [0.717, 1.165) is 44.3 Å². The van der Waals surface area contributed by atoms with Gasteiger partial charge in [0, 0.05) is 27.2 Å². The Balaban J connectivity index is 1.46. The number of nitrogens with two attached hydrogens (primary N) is 1. The number of fused-ring (bicyclic) bond motifs is 3. The summed E-state index contributed by atoms with van der Waals surface area (Å²) in [7, 11) is 0. The lowest BCUT2D eigenvalue weighted by Gasteiger charge is -2.29. The Morgan fingerprint density at radius 2 is 1.14 bits per heavy atom. The summed E-state index contributed by atoms with van der Waals surface area (Å²) in [4.78, 5) is 2.31. The van der Waals surface area contributed by atoms with Gasteiger partial charge >= 0.3 is 0 Å². The molecule has 202 valence electrons. The topological polar surface area (TPSA) is 54.0 Å². The Morgan fingerprint density at radius 3 is 1.90 bits per heavy atom. The van der Waals surface area contributed by atoms with Crippen molar-refractivity contribution in [1.29, 1.82) is 0 Å². The number of rotatable bonds is 5. The molecule has 7 rings (SSSR count). The monoisotopic (exact) mass is 542 g/mol. The van der Waals surface area contributed by atoms with Crippen LogP contribution in [0.2, 0.25) is 0 Å². The van der Waals surface area contributed by atoms with Crippen molar-refractivity contribution in [2.45, 2.75) is 13.8 Å². The van der Waals surface area contributed by atoms with Crippen LogP contribution in [0.15, 0.2) is 144 Å². The van der Waals surface area contributed by atoms with E-state index in [1.165, 1.54) is 21.9 Å². The second kappa shape index (κ2) is 10.5. The lowest BCUT2D eigenvalue weighted by molar-refractivity contribution is 1.25.